The van der Waals surface area contributed by atoms with Crippen LogP contribution in [0.4, 0.5) is 4.39 Å². The van der Waals surface area contributed by atoms with Gasteiger partial charge in [0.25, 0.3) is 0 Å². The summed E-state index contributed by atoms with van der Waals surface area (Å²) in [5.74, 6) is -1.04. The number of carbonyl (C=O) groups excluding carboxylic acids is 1. The molecule has 0 saturated heterocycles. The smallest absolute Gasteiger partial charge is 0.196 e. The zero-order valence-electron chi connectivity index (χ0n) is 11.0. The highest BCUT2D eigenvalue weighted by Crippen LogP contribution is 2.20. The maximum Gasteiger partial charge on any atom is 0.196 e. The van der Waals surface area contributed by atoms with E-state index in [-0.39, 0.29) is 11.1 Å². The van der Waals surface area contributed by atoms with Crippen LogP contribution < -0.4 is 0 Å². The molecule has 0 aliphatic carbocycles. The van der Waals surface area contributed by atoms with Crippen LogP contribution in [0.1, 0.15) is 21.5 Å². The molecule has 0 aromatic heterocycles. The van der Waals surface area contributed by atoms with Gasteiger partial charge in [0.2, 0.25) is 0 Å². The van der Waals surface area contributed by atoms with Gasteiger partial charge in [-0.05, 0) is 35.0 Å². The molecule has 0 spiro atoms. The summed E-state index contributed by atoms with van der Waals surface area (Å²) in [6.45, 7) is 0. The molecular formula is C18H10FNO. The Morgan fingerprint density at radius 1 is 0.952 bits per heavy atom. The predicted octanol–water partition coefficient (Wildman–Crippen LogP) is 4.08. The fraction of sp³-hybridized carbons (Fsp3) is 0. The van der Waals surface area contributed by atoms with E-state index in [1.165, 1.54) is 12.1 Å². The zero-order chi connectivity index (χ0) is 14.8. The second-order valence-electron chi connectivity index (χ2n) is 4.70. The van der Waals surface area contributed by atoms with E-state index in [0.717, 1.165) is 16.8 Å². The molecule has 0 atom stereocenters. The second kappa shape index (κ2) is 5.18. The topological polar surface area (TPSA) is 40.9 Å². The summed E-state index contributed by atoms with van der Waals surface area (Å²) in [6.07, 6.45) is 0. The van der Waals surface area contributed by atoms with Gasteiger partial charge in [-0.2, -0.15) is 5.26 Å². The molecule has 2 nitrogen and oxygen atoms in total. The average molecular weight is 275 g/mol. The molecule has 0 aliphatic heterocycles. The molecule has 3 aromatic rings. The zero-order valence-corrected chi connectivity index (χ0v) is 11.0. The van der Waals surface area contributed by atoms with Crippen molar-refractivity contribution in [3.63, 3.8) is 0 Å². The van der Waals surface area contributed by atoms with Gasteiger partial charge in [0.05, 0.1) is 17.2 Å². The SMILES string of the molecule is N#Cc1ccc(F)c(C(=O)c2ccc3ccccc3c2)c1. The number of hydrogen-bond donors (Lipinski definition) is 0. The maximum atomic E-state index is 13.8. The summed E-state index contributed by atoms with van der Waals surface area (Å²) in [7, 11) is 0. The molecular weight excluding hydrogens is 265 g/mol. The van der Waals surface area contributed by atoms with E-state index in [0.29, 0.717) is 5.56 Å². The van der Waals surface area contributed by atoms with Gasteiger partial charge in [-0.25, -0.2) is 4.39 Å². The number of carbonyl (C=O) groups is 1. The lowest BCUT2D eigenvalue weighted by atomic mass is 9.98. The second-order valence-corrected chi connectivity index (χ2v) is 4.70. The quantitative estimate of drug-likeness (QED) is 0.661. The van der Waals surface area contributed by atoms with E-state index >= 15 is 0 Å². The summed E-state index contributed by atoms with van der Waals surface area (Å²) in [4.78, 5) is 12.4. The van der Waals surface area contributed by atoms with E-state index in [4.69, 9.17) is 5.26 Å². The van der Waals surface area contributed by atoms with Crippen molar-refractivity contribution < 1.29 is 9.18 Å². The highest BCUT2D eigenvalue weighted by Gasteiger charge is 2.15. The molecule has 3 aromatic carbocycles. The summed E-state index contributed by atoms with van der Waals surface area (Å²) >= 11 is 0. The van der Waals surface area contributed by atoms with Gasteiger partial charge in [0, 0.05) is 5.56 Å². The Hall–Kier alpha value is -2.99. The molecule has 0 N–H and O–H groups in total. The van der Waals surface area contributed by atoms with Crippen molar-refractivity contribution in [1.29, 1.82) is 5.26 Å². The Morgan fingerprint density at radius 2 is 1.71 bits per heavy atom. The third kappa shape index (κ3) is 2.39. The third-order valence-corrected chi connectivity index (χ3v) is 3.35. The lowest BCUT2D eigenvalue weighted by Gasteiger charge is -2.05. The first-order valence-electron chi connectivity index (χ1n) is 6.42. The van der Waals surface area contributed by atoms with E-state index in [9.17, 15) is 9.18 Å². The highest BCUT2D eigenvalue weighted by atomic mass is 19.1. The molecule has 0 heterocycles. The Kier molecular flexibility index (Phi) is 3.21. The molecule has 0 unspecified atom stereocenters. The van der Waals surface area contributed by atoms with Crippen LogP contribution in [0.5, 0.6) is 0 Å². The number of nitrogens with zero attached hydrogens (tertiary/aromatic N) is 1. The van der Waals surface area contributed by atoms with E-state index in [1.54, 1.807) is 12.1 Å². The largest absolute Gasteiger partial charge is 0.288 e. The van der Waals surface area contributed by atoms with Crippen LogP contribution in [0.2, 0.25) is 0 Å². The summed E-state index contributed by atoms with van der Waals surface area (Å²) in [5.41, 5.74) is 0.590. The molecule has 3 rings (SSSR count). The number of nitriles is 1. The van der Waals surface area contributed by atoms with E-state index in [1.807, 2.05) is 36.4 Å². The predicted molar refractivity (Wildman–Crippen MR) is 78.5 cm³/mol. The summed E-state index contributed by atoms with van der Waals surface area (Å²) in [6, 6.07) is 18.6. The van der Waals surface area contributed by atoms with Gasteiger partial charge >= 0.3 is 0 Å². The fourth-order valence-electron chi connectivity index (χ4n) is 2.25. The number of rotatable bonds is 2. The highest BCUT2D eigenvalue weighted by molar-refractivity contribution is 6.11. The number of hydrogen-bond acceptors (Lipinski definition) is 2. The monoisotopic (exact) mass is 275 g/mol. The van der Waals surface area contributed by atoms with Crippen molar-refractivity contribution in [2.75, 3.05) is 0 Å². The van der Waals surface area contributed by atoms with Crippen LogP contribution in [0.3, 0.4) is 0 Å². The minimum Gasteiger partial charge on any atom is -0.288 e. The van der Waals surface area contributed by atoms with Crippen molar-refractivity contribution >= 4 is 16.6 Å². The van der Waals surface area contributed by atoms with Crippen molar-refractivity contribution in [1.82, 2.24) is 0 Å². The van der Waals surface area contributed by atoms with Crippen molar-refractivity contribution in [3.05, 3.63) is 83.2 Å². The van der Waals surface area contributed by atoms with Crippen LogP contribution in [0.25, 0.3) is 10.8 Å². The van der Waals surface area contributed by atoms with Crippen LogP contribution >= 0.6 is 0 Å². The molecule has 100 valence electrons. The van der Waals surface area contributed by atoms with Gasteiger partial charge in [0.1, 0.15) is 5.82 Å². The molecule has 0 bridgehead atoms. The lowest BCUT2D eigenvalue weighted by Crippen LogP contribution is -2.04. The van der Waals surface area contributed by atoms with Crippen LogP contribution in [0.15, 0.2) is 60.7 Å². The van der Waals surface area contributed by atoms with Gasteiger partial charge in [-0.15, -0.1) is 0 Å². The van der Waals surface area contributed by atoms with Crippen LogP contribution in [-0.4, -0.2) is 5.78 Å². The van der Waals surface area contributed by atoms with Gasteiger partial charge in [0.15, 0.2) is 5.78 Å². The van der Waals surface area contributed by atoms with E-state index < -0.39 is 11.6 Å². The minimum absolute atomic E-state index is 0.0793. The summed E-state index contributed by atoms with van der Waals surface area (Å²) in [5, 5.41) is 10.8. The van der Waals surface area contributed by atoms with Crippen molar-refractivity contribution in [2.45, 2.75) is 0 Å². The fourth-order valence-corrected chi connectivity index (χ4v) is 2.25. The number of benzene rings is 3. The van der Waals surface area contributed by atoms with Gasteiger partial charge in [-0.3, -0.25) is 4.79 Å². The van der Waals surface area contributed by atoms with Gasteiger partial charge in [-0.1, -0.05) is 36.4 Å². The molecule has 0 aliphatic rings. The number of halogens is 1. The molecule has 0 saturated carbocycles. The average Bonchev–Trinajstić information content (AvgIpc) is 2.54. The number of ketones is 1. The van der Waals surface area contributed by atoms with Gasteiger partial charge < -0.3 is 0 Å². The van der Waals surface area contributed by atoms with Crippen LogP contribution in [-0.2, 0) is 0 Å². The van der Waals surface area contributed by atoms with E-state index in [2.05, 4.69) is 0 Å². The Morgan fingerprint density at radius 3 is 2.48 bits per heavy atom. The Labute approximate surface area is 121 Å². The normalized spacial score (nSPS) is 10.3. The molecule has 0 radical (unpaired) electrons. The first kappa shape index (κ1) is 13.0. The van der Waals surface area contributed by atoms with Crippen molar-refractivity contribution in [2.24, 2.45) is 0 Å². The molecule has 0 amide bonds. The summed E-state index contributed by atoms with van der Waals surface area (Å²) < 4.78 is 13.8. The number of fused-ring (bicyclic) bond motifs is 1. The minimum atomic E-state index is -0.618. The Bertz CT molecular complexity index is 893. The maximum absolute atomic E-state index is 13.8. The molecule has 21 heavy (non-hydrogen) atoms. The van der Waals surface area contributed by atoms with Crippen LogP contribution in [0, 0.1) is 17.1 Å². The Balaban J connectivity index is 2.10. The third-order valence-electron chi connectivity index (χ3n) is 3.35. The molecule has 3 heteroatoms. The lowest BCUT2D eigenvalue weighted by molar-refractivity contribution is 0.103. The molecule has 0 fully saturated rings. The first-order chi connectivity index (χ1) is 10.2. The standard InChI is InChI=1S/C18H10FNO/c19-17-8-5-12(11-20)9-16(17)18(21)15-7-6-13-3-1-2-4-14(13)10-15/h1-10H. The van der Waals surface area contributed by atoms with Crippen molar-refractivity contribution in [3.8, 4) is 6.07 Å². The first-order valence-corrected chi connectivity index (χ1v) is 6.42.